The van der Waals surface area contributed by atoms with Crippen LogP contribution in [0.3, 0.4) is 0 Å². The number of benzene rings is 2. The van der Waals surface area contributed by atoms with Crippen LogP contribution in [0.25, 0.3) is 0 Å². The molecule has 0 heterocycles. The van der Waals surface area contributed by atoms with E-state index >= 15 is 0 Å². The van der Waals surface area contributed by atoms with Crippen molar-refractivity contribution in [1.82, 2.24) is 0 Å². The Balaban J connectivity index is 2.38. The third-order valence-electron chi connectivity index (χ3n) is 2.52. The van der Waals surface area contributed by atoms with Gasteiger partial charge in [-0.15, -0.1) is 0 Å². The van der Waals surface area contributed by atoms with Gasteiger partial charge in [0.25, 0.3) is 11.6 Å². The first kappa shape index (κ1) is 12.7. The average Bonchev–Trinajstić information content (AvgIpc) is 2.46. The lowest BCUT2D eigenvalue weighted by Crippen LogP contribution is -2.27. The van der Waals surface area contributed by atoms with Crippen molar-refractivity contribution in [3.8, 4) is 0 Å². The van der Waals surface area contributed by atoms with Gasteiger partial charge in [-0.25, -0.2) is 0 Å². The van der Waals surface area contributed by atoms with Gasteiger partial charge in [0, 0.05) is 6.07 Å². The summed E-state index contributed by atoms with van der Waals surface area (Å²) in [7, 11) is 0. The first-order valence-electron chi connectivity index (χ1n) is 5.43. The molecule has 2 aromatic rings. The Morgan fingerprint density at radius 1 is 1.05 bits per heavy atom. The quantitative estimate of drug-likeness (QED) is 0.521. The predicted octanol–water partition coefficient (Wildman–Crippen LogP) is 2.63. The number of para-hydroxylation sites is 2. The fourth-order valence-electron chi connectivity index (χ4n) is 1.61. The fourth-order valence-corrected chi connectivity index (χ4v) is 1.61. The van der Waals surface area contributed by atoms with Crippen molar-refractivity contribution < 1.29 is 14.9 Å². The first-order valence-corrected chi connectivity index (χ1v) is 5.43. The number of nitro benzene ring substituents is 1. The highest BCUT2D eigenvalue weighted by Gasteiger charge is 2.24. The summed E-state index contributed by atoms with van der Waals surface area (Å²) in [5, 5.41) is 21.0. The van der Waals surface area contributed by atoms with Crippen molar-refractivity contribution in [3.05, 3.63) is 70.3 Å². The molecular formula is C13H10N2O4. The molecule has 2 aromatic carbocycles. The van der Waals surface area contributed by atoms with E-state index in [9.17, 15) is 20.1 Å². The Kier molecular flexibility index (Phi) is 3.53. The normalized spacial score (nSPS) is 9.95. The van der Waals surface area contributed by atoms with Crippen LogP contribution in [0.5, 0.6) is 0 Å². The molecule has 0 atom stereocenters. The molecule has 1 amide bonds. The number of hydrogen-bond donors (Lipinski definition) is 1. The van der Waals surface area contributed by atoms with E-state index in [1.54, 1.807) is 18.2 Å². The van der Waals surface area contributed by atoms with E-state index < -0.39 is 10.8 Å². The lowest BCUT2D eigenvalue weighted by atomic mass is 10.1. The van der Waals surface area contributed by atoms with Gasteiger partial charge in [-0.2, -0.15) is 5.06 Å². The second kappa shape index (κ2) is 5.28. The minimum Gasteiger partial charge on any atom is -0.281 e. The maximum atomic E-state index is 12.0. The third kappa shape index (κ3) is 2.58. The number of hydrogen-bond acceptors (Lipinski definition) is 4. The highest BCUT2D eigenvalue weighted by molar-refractivity contribution is 6.07. The number of amides is 1. The zero-order valence-corrected chi connectivity index (χ0v) is 9.76. The van der Waals surface area contributed by atoms with E-state index in [-0.39, 0.29) is 16.9 Å². The van der Waals surface area contributed by atoms with Crippen LogP contribution in [0.15, 0.2) is 54.6 Å². The number of carbonyl (C=O) groups is 1. The minimum atomic E-state index is -0.849. The van der Waals surface area contributed by atoms with Gasteiger partial charge in [-0.1, -0.05) is 30.3 Å². The highest BCUT2D eigenvalue weighted by Crippen LogP contribution is 2.21. The van der Waals surface area contributed by atoms with Gasteiger partial charge < -0.3 is 0 Å². The second-order valence-electron chi connectivity index (χ2n) is 3.73. The van der Waals surface area contributed by atoms with E-state index in [4.69, 9.17) is 0 Å². The molecule has 96 valence electrons. The fraction of sp³-hybridized carbons (Fsp3) is 0. The molecule has 0 aliphatic heterocycles. The largest absolute Gasteiger partial charge is 0.288 e. The molecule has 0 bridgehead atoms. The molecule has 6 heteroatoms. The Bertz CT molecular complexity index is 613. The zero-order valence-electron chi connectivity index (χ0n) is 9.76. The summed E-state index contributed by atoms with van der Waals surface area (Å²) in [6, 6.07) is 13.5. The average molecular weight is 258 g/mol. The van der Waals surface area contributed by atoms with E-state index in [2.05, 4.69) is 0 Å². The maximum absolute atomic E-state index is 12.0. The third-order valence-corrected chi connectivity index (χ3v) is 2.52. The molecule has 0 spiro atoms. The van der Waals surface area contributed by atoms with Crippen LogP contribution in [0.4, 0.5) is 11.4 Å². The number of nitrogens with zero attached hydrogens (tertiary/aromatic N) is 2. The van der Waals surface area contributed by atoms with E-state index in [0.29, 0.717) is 5.06 Å². The number of anilines is 1. The molecule has 0 aromatic heterocycles. The summed E-state index contributed by atoms with van der Waals surface area (Å²) >= 11 is 0. The molecule has 6 nitrogen and oxygen atoms in total. The van der Waals surface area contributed by atoms with Crippen molar-refractivity contribution in [3.63, 3.8) is 0 Å². The van der Waals surface area contributed by atoms with Crippen molar-refractivity contribution in [1.29, 1.82) is 0 Å². The number of nitro groups is 1. The summed E-state index contributed by atoms with van der Waals surface area (Å²) in [5.74, 6) is -0.849. The Morgan fingerprint density at radius 3 is 2.26 bits per heavy atom. The molecule has 0 aliphatic rings. The zero-order chi connectivity index (χ0) is 13.8. The van der Waals surface area contributed by atoms with Crippen molar-refractivity contribution in [2.75, 3.05) is 5.06 Å². The molecule has 0 aliphatic carbocycles. The van der Waals surface area contributed by atoms with Crippen molar-refractivity contribution in [2.24, 2.45) is 0 Å². The van der Waals surface area contributed by atoms with Crippen LogP contribution >= 0.6 is 0 Å². The molecule has 1 N–H and O–H groups in total. The van der Waals surface area contributed by atoms with Crippen molar-refractivity contribution >= 4 is 17.3 Å². The van der Waals surface area contributed by atoms with Crippen molar-refractivity contribution in [2.45, 2.75) is 0 Å². The molecule has 0 fully saturated rings. The Labute approximate surface area is 108 Å². The van der Waals surface area contributed by atoms with Gasteiger partial charge >= 0.3 is 0 Å². The maximum Gasteiger partial charge on any atom is 0.288 e. The Morgan fingerprint density at radius 2 is 1.63 bits per heavy atom. The standard InChI is InChI=1S/C13H10N2O4/c16-13(14(17)10-6-2-1-3-7-10)11-8-4-5-9-12(11)15(18)19/h1-9,17H. The summed E-state index contributed by atoms with van der Waals surface area (Å²) < 4.78 is 0. The summed E-state index contributed by atoms with van der Waals surface area (Å²) in [4.78, 5) is 22.2. The van der Waals surface area contributed by atoms with Gasteiger partial charge in [0.2, 0.25) is 0 Å². The monoisotopic (exact) mass is 258 g/mol. The van der Waals surface area contributed by atoms with Gasteiger partial charge in [-0.05, 0) is 18.2 Å². The molecule has 0 radical (unpaired) electrons. The SMILES string of the molecule is O=C(c1ccccc1[N+](=O)[O-])N(O)c1ccccc1. The van der Waals surface area contributed by atoms with Crippen LogP contribution in [-0.4, -0.2) is 16.0 Å². The second-order valence-corrected chi connectivity index (χ2v) is 3.73. The van der Waals surface area contributed by atoms with Crippen LogP contribution in [0.1, 0.15) is 10.4 Å². The predicted molar refractivity (Wildman–Crippen MR) is 68.1 cm³/mol. The number of hydroxylamine groups is 1. The lowest BCUT2D eigenvalue weighted by molar-refractivity contribution is -0.385. The van der Waals surface area contributed by atoms with Gasteiger partial charge in [0.1, 0.15) is 5.56 Å². The van der Waals surface area contributed by atoms with Crippen LogP contribution in [0.2, 0.25) is 0 Å². The van der Waals surface area contributed by atoms with Crippen LogP contribution in [0, 0.1) is 10.1 Å². The molecule has 19 heavy (non-hydrogen) atoms. The van der Waals surface area contributed by atoms with Gasteiger partial charge in [0.05, 0.1) is 10.6 Å². The smallest absolute Gasteiger partial charge is 0.281 e. The Hall–Kier alpha value is -2.73. The van der Waals surface area contributed by atoms with Gasteiger partial charge in [0.15, 0.2) is 0 Å². The van der Waals surface area contributed by atoms with E-state index in [1.807, 2.05) is 0 Å². The number of carbonyl (C=O) groups excluding carboxylic acids is 1. The van der Waals surface area contributed by atoms with Crippen LogP contribution < -0.4 is 5.06 Å². The van der Waals surface area contributed by atoms with E-state index in [0.717, 1.165) is 0 Å². The number of rotatable bonds is 3. The summed E-state index contributed by atoms with van der Waals surface area (Å²) in [6.07, 6.45) is 0. The first-order chi connectivity index (χ1) is 9.11. The molecule has 0 unspecified atom stereocenters. The highest BCUT2D eigenvalue weighted by atomic mass is 16.6. The minimum absolute atomic E-state index is 0.168. The lowest BCUT2D eigenvalue weighted by Gasteiger charge is -2.14. The topological polar surface area (TPSA) is 83.7 Å². The van der Waals surface area contributed by atoms with E-state index in [1.165, 1.54) is 36.4 Å². The molecule has 0 saturated heterocycles. The molecule has 0 saturated carbocycles. The molecular weight excluding hydrogens is 248 g/mol. The summed E-state index contributed by atoms with van der Waals surface area (Å²) in [6.45, 7) is 0. The van der Waals surface area contributed by atoms with Crippen LogP contribution in [-0.2, 0) is 0 Å². The summed E-state index contributed by atoms with van der Waals surface area (Å²) in [5.41, 5.74) is -0.271. The van der Waals surface area contributed by atoms with Gasteiger partial charge in [-0.3, -0.25) is 20.1 Å². The molecule has 2 rings (SSSR count).